The van der Waals surface area contributed by atoms with Crippen molar-refractivity contribution in [2.24, 2.45) is 0 Å². The first-order chi connectivity index (χ1) is 63.3. The lowest BCUT2D eigenvalue weighted by atomic mass is 9.73. The molecule has 0 spiro atoms. The van der Waals surface area contributed by atoms with E-state index in [1.165, 1.54) is 210 Å². The minimum Gasteiger partial charge on any atom is -0.310 e. The van der Waals surface area contributed by atoms with Crippen LogP contribution >= 0.6 is 0 Å². The van der Waals surface area contributed by atoms with E-state index in [4.69, 9.17) is 0 Å². The molecule has 0 bridgehead atoms. The summed E-state index contributed by atoms with van der Waals surface area (Å²) in [4.78, 5) is 2.41. The van der Waals surface area contributed by atoms with E-state index >= 15 is 0 Å². The van der Waals surface area contributed by atoms with Crippen molar-refractivity contribution in [3.8, 4) is 39.6 Å². The SMILES string of the molecule is Cc1ccc(-n2c3ccccc3c3ccccc32)cc1.Cc1ccc2c(c1)N(c1ccc(-c3ccccc3)cc1)c1ccccc1C2(C)C.Cc1ccc2c(c1)c1ccccc1n2-c1ccccc1.Cc1ccc2c3ccccc3n(-c3ccccc3)c2c1.Cc1cccc2c1c1ccccc1n2-c1ccccc1.Cc1cccc2c3ccccc3n(-c3ccccc3)c12. The average molecular weight is 1660 g/mol. The van der Waals surface area contributed by atoms with Gasteiger partial charge in [0, 0.05) is 93.4 Å². The third-order valence-corrected chi connectivity index (χ3v) is 25.5. The highest BCUT2D eigenvalue weighted by atomic mass is 15.2. The number of fused-ring (bicyclic) bond motifs is 17. The number of hydrogen-bond acceptors (Lipinski definition) is 1. The standard InChI is InChI=1S/C28H25N.5C19H15N/c1-20-13-18-25-27(19-20)29(26-12-8-7-11-24(26)28(25,2)3)23-16-14-22(15-17-23)21-9-5-4-6-10-21;1-14-10-12-15(13-11-14)20-18-8-4-2-6-16(18)17-7-3-5-9-19(17)20;1-14-8-7-12-17-16-11-5-6-13-18(16)20(19(14)17)15-9-3-2-4-10-15;1-14-8-7-13-18-19(14)16-11-5-6-12-17(16)20(18)15-9-3-2-4-10-15;1-14-11-12-19-17(13-14)16-9-5-6-10-18(16)20(19)15-7-3-2-4-8-15;1-14-11-12-17-16-9-5-6-10-18(16)20(19(17)13-14)15-7-3-2-4-8-15/h4-19H,1-3H3;5*2-13H,1H3. The zero-order valence-electron chi connectivity index (χ0n) is 74.1. The maximum atomic E-state index is 2.41. The van der Waals surface area contributed by atoms with Crippen molar-refractivity contribution < 1.29 is 0 Å². The summed E-state index contributed by atoms with van der Waals surface area (Å²) in [5, 5.41) is 13.2. The van der Waals surface area contributed by atoms with E-state index in [2.05, 4.69) is 544 Å². The normalized spacial score (nSPS) is 11.9. The Balaban J connectivity index is 0.0000000976. The Kier molecular flexibility index (Phi) is 22.2. The molecule has 0 fully saturated rings. The van der Waals surface area contributed by atoms with Crippen LogP contribution in [-0.4, -0.2) is 22.8 Å². The summed E-state index contributed by atoms with van der Waals surface area (Å²) in [5.41, 5.74) is 35.5. The van der Waals surface area contributed by atoms with E-state index in [9.17, 15) is 0 Å². The molecule has 6 heterocycles. The van der Waals surface area contributed by atoms with Crippen molar-refractivity contribution >= 4 is 126 Å². The molecule has 0 unspecified atom stereocenters. The average Bonchev–Trinajstić information content (AvgIpc) is 1.67. The monoisotopic (exact) mass is 1660 g/mol. The Labute approximate surface area is 754 Å². The quantitative estimate of drug-likeness (QED) is 0.156. The fourth-order valence-corrected chi connectivity index (χ4v) is 19.4. The number of hydrogen-bond donors (Lipinski definition) is 0. The van der Waals surface area contributed by atoms with Crippen molar-refractivity contribution in [3.05, 3.63) is 506 Å². The first-order valence-corrected chi connectivity index (χ1v) is 44.7. The molecule has 0 N–H and O–H groups in total. The van der Waals surface area contributed by atoms with Crippen molar-refractivity contribution in [3.63, 3.8) is 0 Å². The number of aromatic nitrogens is 5. The number of nitrogens with zero attached hydrogens (tertiary/aromatic N) is 6. The van der Waals surface area contributed by atoms with Crippen molar-refractivity contribution in [1.82, 2.24) is 22.8 Å². The molecule has 1 aliphatic heterocycles. The predicted molar refractivity (Wildman–Crippen MR) is 551 cm³/mol. The van der Waals surface area contributed by atoms with Gasteiger partial charge in [-0.2, -0.15) is 0 Å². The zero-order chi connectivity index (χ0) is 87.6. The lowest BCUT2D eigenvalue weighted by Crippen LogP contribution is -2.30. The minimum atomic E-state index is -0.0277. The highest BCUT2D eigenvalue weighted by molar-refractivity contribution is 6.14. The summed E-state index contributed by atoms with van der Waals surface area (Å²) in [6.07, 6.45) is 0. The Morgan fingerprint density at radius 3 is 1.05 bits per heavy atom. The molecule has 622 valence electrons. The lowest BCUT2D eigenvalue weighted by Gasteiger charge is -2.42. The second-order valence-electron chi connectivity index (χ2n) is 34.4. The number of para-hydroxylation sites is 12. The van der Waals surface area contributed by atoms with E-state index in [1.54, 1.807) is 0 Å². The van der Waals surface area contributed by atoms with Gasteiger partial charge in [-0.25, -0.2) is 0 Å². The number of benzene rings is 19. The summed E-state index contributed by atoms with van der Waals surface area (Å²) in [7, 11) is 0. The van der Waals surface area contributed by atoms with E-state index in [0.717, 1.165) is 0 Å². The third-order valence-electron chi connectivity index (χ3n) is 25.5. The molecular formula is C123H100N6. The summed E-state index contributed by atoms with van der Waals surface area (Å²) < 4.78 is 11.7. The summed E-state index contributed by atoms with van der Waals surface area (Å²) in [6, 6.07) is 164. The summed E-state index contributed by atoms with van der Waals surface area (Å²) >= 11 is 0. The molecule has 6 nitrogen and oxygen atoms in total. The van der Waals surface area contributed by atoms with Crippen LogP contribution < -0.4 is 4.90 Å². The van der Waals surface area contributed by atoms with Crippen molar-refractivity contribution in [1.29, 1.82) is 0 Å². The molecule has 0 saturated carbocycles. The molecule has 0 atom stereocenters. The third kappa shape index (κ3) is 15.5. The molecular weight excluding hydrogens is 1560 g/mol. The van der Waals surface area contributed by atoms with Gasteiger partial charge >= 0.3 is 0 Å². The van der Waals surface area contributed by atoms with E-state index in [-0.39, 0.29) is 5.41 Å². The zero-order valence-corrected chi connectivity index (χ0v) is 74.1. The van der Waals surface area contributed by atoms with Crippen molar-refractivity contribution in [2.75, 3.05) is 4.90 Å². The van der Waals surface area contributed by atoms with Crippen LogP contribution in [-0.2, 0) is 5.41 Å². The number of aryl methyl sites for hydroxylation is 6. The molecule has 6 heteroatoms. The van der Waals surface area contributed by atoms with E-state index in [1.807, 2.05) is 0 Å². The molecule has 0 aliphatic carbocycles. The molecule has 0 saturated heterocycles. The number of rotatable bonds is 7. The van der Waals surface area contributed by atoms with Crippen LogP contribution in [0, 0.1) is 41.5 Å². The van der Waals surface area contributed by atoms with Gasteiger partial charge in [0.25, 0.3) is 0 Å². The van der Waals surface area contributed by atoms with Gasteiger partial charge in [0.1, 0.15) is 0 Å². The Morgan fingerprint density at radius 1 is 0.178 bits per heavy atom. The van der Waals surface area contributed by atoms with Gasteiger partial charge in [0.2, 0.25) is 0 Å². The topological polar surface area (TPSA) is 27.9 Å². The Hall–Kier alpha value is -16.0. The van der Waals surface area contributed by atoms with Gasteiger partial charge in [-0.3, -0.25) is 0 Å². The van der Waals surface area contributed by atoms with Crippen molar-refractivity contribution in [2.45, 2.75) is 60.8 Å². The highest BCUT2D eigenvalue weighted by Gasteiger charge is 2.37. The van der Waals surface area contributed by atoms with Crippen LogP contribution in [0.3, 0.4) is 0 Å². The fourth-order valence-electron chi connectivity index (χ4n) is 19.4. The number of anilines is 3. The van der Waals surface area contributed by atoms with Crippen LogP contribution in [0.4, 0.5) is 17.1 Å². The largest absolute Gasteiger partial charge is 0.310 e. The molecule has 25 rings (SSSR count). The minimum absolute atomic E-state index is 0.0277. The smallest absolute Gasteiger partial charge is 0.0570 e. The van der Waals surface area contributed by atoms with Crippen LogP contribution in [0.2, 0.25) is 0 Å². The second-order valence-corrected chi connectivity index (χ2v) is 34.4. The van der Waals surface area contributed by atoms with Crippen LogP contribution in [0.5, 0.6) is 0 Å². The van der Waals surface area contributed by atoms with Crippen LogP contribution in [0.25, 0.3) is 149 Å². The Bertz CT molecular complexity index is 8050. The first kappa shape index (κ1) is 81.3. The van der Waals surface area contributed by atoms with Gasteiger partial charge in [0.05, 0.1) is 66.5 Å². The van der Waals surface area contributed by atoms with Gasteiger partial charge < -0.3 is 27.7 Å². The fraction of sp³-hybridized carbons (Fsp3) is 0.0732. The maximum absolute atomic E-state index is 2.41. The van der Waals surface area contributed by atoms with E-state index < -0.39 is 0 Å². The Morgan fingerprint density at radius 2 is 0.504 bits per heavy atom. The molecule has 0 radical (unpaired) electrons. The maximum Gasteiger partial charge on any atom is 0.0570 e. The first-order valence-electron chi connectivity index (χ1n) is 44.7. The van der Waals surface area contributed by atoms with E-state index in [0.29, 0.717) is 0 Å². The van der Waals surface area contributed by atoms with Gasteiger partial charge in [-0.1, -0.05) is 340 Å². The van der Waals surface area contributed by atoms with Crippen LogP contribution in [0.1, 0.15) is 58.4 Å². The predicted octanol–water partition coefficient (Wildman–Crippen LogP) is 33.2. The summed E-state index contributed by atoms with van der Waals surface area (Å²) in [5.74, 6) is 0. The molecule has 5 aromatic heterocycles. The second kappa shape index (κ2) is 35.2. The summed E-state index contributed by atoms with van der Waals surface area (Å²) in [6.45, 7) is 17.6. The molecule has 24 aromatic rings. The molecule has 19 aromatic carbocycles. The molecule has 0 amide bonds. The van der Waals surface area contributed by atoms with Gasteiger partial charge in [-0.15, -0.1) is 0 Å². The molecule has 1 aliphatic rings. The van der Waals surface area contributed by atoms with Gasteiger partial charge in [-0.05, 0) is 232 Å². The van der Waals surface area contributed by atoms with Gasteiger partial charge in [0.15, 0.2) is 0 Å². The lowest BCUT2D eigenvalue weighted by molar-refractivity contribution is 0.631. The van der Waals surface area contributed by atoms with Crippen LogP contribution in [0.15, 0.2) is 461 Å². The highest BCUT2D eigenvalue weighted by Crippen LogP contribution is 2.52. The molecule has 129 heavy (non-hydrogen) atoms.